The fourth-order valence-electron chi connectivity index (χ4n) is 1.98. The highest BCUT2D eigenvalue weighted by Gasteiger charge is 2.35. The van der Waals surface area contributed by atoms with Crippen molar-refractivity contribution in [3.8, 4) is 11.5 Å². The molecular formula is C11H15N5O2. The maximum absolute atomic E-state index is 5.87. The summed E-state index contributed by atoms with van der Waals surface area (Å²) in [7, 11) is 3.43. The molecule has 0 radical (unpaired) electrons. The van der Waals surface area contributed by atoms with Crippen LogP contribution >= 0.6 is 0 Å². The number of nitrogens with zero attached hydrogens (tertiary/aromatic N) is 4. The molecule has 0 spiro atoms. The summed E-state index contributed by atoms with van der Waals surface area (Å²) in [6.07, 6.45) is 3.83. The normalized spacial score (nSPS) is 17.0. The third-order valence-corrected chi connectivity index (χ3v) is 3.22. The maximum Gasteiger partial charge on any atom is 0.263 e. The smallest absolute Gasteiger partial charge is 0.263 e. The van der Waals surface area contributed by atoms with Gasteiger partial charge in [-0.25, -0.2) is 0 Å². The van der Waals surface area contributed by atoms with Crippen LogP contribution in [0.4, 0.5) is 5.82 Å². The van der Waals surface area contributed by atoms with Crippen molar-refractivity contribution in [2.75, 3.05) is 12.8 Å². The molecule has 96 valence electrons. The Balaban J connectivity index is 1.91. The highest BCUT2D eigenvalue weighted by atomic mass is 16.5. The van der Waals surface area contributed by atoms with E-state index in [2.05, 4.69) is 15.2 Å². The number of nitrogens with two attached hydrogens (primary N) is 1. The summed E-state index contributed by atoms with van der Waals surface area (Å²) in [4.78, 5) is 4.35. The molecule has 2 N–H and O–H groups in total. The standard InChI is InChI=1S/C11H15N5O2/c1-16-9(12)7(5-13-16)11-14-10(15-18-11)8(17-2)6-3-4-6/h5-6,8H,3-4,12H2,1-2H3. The monoisotopic (exact) mass is 249 g/mol. The zero-order chi connectivity index (χ0) is 12.7. The Morgan fingerprint density at radius 1 is 1.56 bits per heavy atom. The van der Waals surface area contributed by atoms with E-state index in [1.165, 1.54) is 0 Å². The molecule has 1 unspecified atom stereocenters. The van der Waals surface area contributed by atoms with Crippen LogP contribution in [0.15, 0.2) is 10.7 Å². The Morgan fingerprint density at radius 2 is 2.33 bits per heavy atom. The molecule has 1 saturated carbocycles. The Labute approximate surface area is 104 Å². The first-order valence-corrected chi connectivity index (χ1v) is 5.85. The van der Waals surface area contributed by atoms with Crippen LogP contribution in [0.5, 0.6) is 0 Å². The van der Waals surface area contributed by atoms with E-state index >= 15 is 0 Å². The van der Waals surface area contributed by atoms with E-state index in [9.17, 15) is 0 Å². The van der Waals surface area contributed by atoms with Crippen LogP contribution in [0, 0.1) is 5.92 Å². The molecule has 7 nitrogen and oxygen atoms in total. The van der Waals surface area contributed by atoms with Crippen molar-refractivity contribution in [1.29, 1.82) is 0 Å². The van der Waals surface area contributed by atoms with Gasteiger partial charge >= 0.3 is 0 Å². The van der Waals surface area contributed by atoms with Crippen LogP contribution in [0.25, 0.3) is 11.5 Å². The number of nitrogen functional groups attached to an aromatic ring is 1. The zero-order valence-corrected chi connectivity index (χ0v) is 10.3. The van der Waals surface area contributed by atoms with Gasteiger partial charge in [0.2, 0.25) is 5.82 Å². The number of hydrogen-bond acceptors (Lipinski definition) is 6. The lowest BCUT2D eigenvalue weighted by Gasteiger charge is -2.07. The number of aromatic nitrogens is 4. The summed E-state index contributed by atoms with van der Waals surface area (Å²) in [6, 6.07) is 0. The third-order valence-electron chi connectivity index (χ3n) is 3.22. The average molecular weight is 249 g/mol. The minimum absolute atomic E-state index is 0.0830. The Bertz CT molecular complexity index is 558. The second-order valence-corrected chi connectivity index (χ2v) is 4.52. The molecule has 2 aromatic heterocycles. The van der Waals surface area contributed by atoms with Gasteiger partial charge in [-0.2, -0.15) is 10.1 Å². The van der Waals surface area contributed by atoms with Gasteiger partial charge in [-0.05, 0) is 18.8 Å². The number of anilines is 1. The van der Waals surface area contributed by atoms with Crippen LogP contribution in [-0.2, 0) is 11.8 Å². The van der Waals surface area contributed by atoms with Gasteiger partial charge in [0, 0.05) is 14.2 Å². The molecule has 2 aromatic rings. The van der Waals surface area contributed by atoms with Crippen LogP contribution in [0.2, 0.25) is 0 Å². The molecule has 3 rings (SSSR count). The van der Waals surface area contributed by atoms with Crippen LogP contribution in [0.1, 0.15) is 24.8 Å². The van der Waals surface area contributed by atoms with Gasteiger partial charge in [0.25, 0.3) is 5.89 Å². The largest absolute Gasteiger partial charge is 0.383 e. The number of aryl methyl sites for hydroxylation is 1. The van der Waals surface area contributed by atoms with E-state index in [0.717, 1.165) is 12.8 Å². The molecule has 0 aliphatic heterocycles. The lowest BCUT2D eigenvalue weighted by molar-refractivity contribution is 0.0751. The highest BCUT2D eigenvalue weighted by Crippen LogP contribution is 2.42. The Morgan fingerprint density at radius 3 is 2.89 bits per heavy atom. The second kappa shape index (κ2) is 4.09. The first-order chi connectivity index (χ1) is 8.70. The molecule has 1 aliphatic rings. The molecule has 1 fully saturated rings. The first kappa shape index (κ1) is 11.2. The summed E-state index contributed by atoms with van der Waals surface area (Å²) >= 11 is 0. The van der Waals surface area contributed by atoms with Crippen LogP contribution in [-0.4, -0.2) is 27.0 Å². The molecule has 2 heterocycles. The van der Waals surface area contributed by atoms with Crippen molar-refractivity contribution in [2.45, 2.75) is 18.9 Å². The third kappa shape index (κ3) is 1.76. The van der Waals surface area contributed by atoms with Gasteiger partial charge in [-0.15, -0.1) is 0 Å². The molecule has 18 heavy (non-hydrogen) atoms. The van der Waals surface area contributed by atoms with Gasteiger partial charge in [0.1, 0.15) is 17.5 Å². The summed E-state index contributed by atoms with van der Waals surface area (Å²) in [5, 5.41) is 8.02. The van der Waals surface area contributed by atoms with E-state index in [-0.39, 0.29) is 6.10 Å². The van der Waals surface area contributed by atoms with E-state index in [1.54, 1.807) is 25.0 Å². The average Bonchev–Trinajstić information content (AvgIpc) is 2.99. The van der Waals surface area contributed by atoms with Gasteiger partial charge in [0.15, 0.2) is 0 Å². The van der Waals surface area contributed by atoms with Gasteiger partial charge in [-0.1, -0.05) is 5.16 Å². The maximum atomic E-state index is 5.87. The summed E-state index contributed by atoms with van der Waals surface area (Å²) < 4.78 is 12.2. The Hall–Kier alpha value is -1.89. The van der Waals surface area contributed by atoms with Gasteiger partial charge in [-0.3, -0.25) is 4.68 Å². The SMILES string of the molecule is COC(c1noc(-c2cnn(C)c2N)n1)C1CC1. The van der Waals surface area contributed by atoms with Crippen LogP contribution < -0.4 is 5.73 Å². The summed E-state index contributed by atoms with van der Waals surface area (Å²) in [5.74, 6) is 1.98. The lowest BCUT2D eigenvalue weighted by Crippen LogP contribution is -2.05. The molecule has 7 heteroatoms. The predicted molar refractivity (Wildman–Crippen MR) is 63.4 cm³/mol. The minimum atomic E-state index is -0.0830. The van der Waals surface area contributed by atoms with Gasteiger partial charge in [0.05, 0.1) is 6.20 Å². The number of ether oxygens (including phenoxy) is 1. The zero-order valence-electron chi connectivity index (χ0n) is 10.3. The topological polar surface area (TPSA) is 92.0 Å². The Kier molecular flexibility index (Phi) is 2.55. The molecule has 1 atom stereocenters. The van der Waals surface area contributed by atoms with Gasteiger partial charge < -0.3 is 15.0 Å². The van der Waals surface area contributed by atoms with Crippen molar-refractivity contribution in [3.05, 3.63) is 12.0 Å². The fraction of sp³-hybridized carbons (Fsp3) is 0.545. The molecule has 1 aliphatic carbocycles. The molecular weight excluding hydrogens is 234 g/mol. The van der Waals surface area contributed by atoms with Crippen LogP contribution in [0.3, 0.4) is 0 Å². The first-order valence-electron chi connectivity index (χ1n) is 5.85. The van der Waals surface area contributed by atoms with Crippen molar-refractivity contribution < 1.29 is 9.26 Å². The van der Waals surface area contributed by atoms with Crippen molar-refractivity contribution >= 4 is 5.82 Å². The molecule has 0 bridgehead atoms. The van der Waals surface area contributed by atoms with E-state index in [4.69, 9.17) is 15.0 Å². The second-order valence-electron chi connectivity index (χ2n) is 4.52. The van der Waals surface area contributed by atoms with Crippen molar-refractivity contribution in [2.24, 2.45) is 13.0 Å². The molecule has 0 saturated heterocycles. The van der Waals surface area contributed by atoms with E-state index in [1.807, 2.05) is 0 Å². The van der Waals surface area contributed by atoms with Crippen molar-refractivity contribution in [3.63, 3.8) is 0 Å². The number of methoxy groups -OCH3 is 1. The summed E-state index contributed by atoms with van der Waals surface area (Å²) in [6.45, 7) is 0. The quantitative estimate of drug-likeness (QED) is 0.873. The van der Waals surface area contributed by atoms with E-state index in [0.29, 0.717) is 29.0 Å². The predicted octanol–water partition coefficient (Wildman–Crippen LogP) is 1.15. The summed E-state index contributed by atoms with van der Waals surface area (Å²) in [5.41, 5.74) is 6.52. The van der Waals surface area contributed by atoms with E-state index < -0.39 is 0 Å². The highest BCUT2D eigenvalue weighted by molar-refractivity contribution is 5.66. The number of hydrogen-bond donors (Lipinski definition) is 1. The fourth-order valence-corrected chi connectivity index (χ4v) is 1.98. The minimum Gasteiger partial charge on any atom is -0.383 e. The number of rotatable bonds is 4. The molecule has 0 aromatic carbocycles. The lowest BCUT2D eigenvalue weighted by atomic mass is 10.2. The van der Waals surface area contributed by atoms with Crippen molar-refractivity contribution in [1.82, 2.24) is 19.9 Å². The molecule has 0 amide bonds.